The van der Waals surface area contributed by atoms with E-state index in [0.717, 1.165) is 0 Å². The highest BCUT2D eigenvalue weighted by Gasteiger charge is 2.20. The standard InChI is InChI=1S/C16H27N5O2/c1-11(2)10-21(20-15(22)23-16(5,6)7)14(8-12(3)18)19-13(4)9-17/h8,11H,4,10,18H2,1-3,5-7H3,(H,20,22)/b12-8-,19-14?. The molecular weight excluding hydrogens is 294 g/mol. The van der Waals surface area contributed by atoms with Crippen molar-refractivity contribution in [3.8, 4) is 6.07 Å². The molecule has 0 aliphatic heterocycles. The number of ether oxygens (including phenoxy) is 1. The summed E-state index contributed by atoms with van der Waals surface area (Å²) < 4.78 is 5.25. The van der Waals surface area contributed by atoms with Gasteiger partial charge < -0.3 is 10.5 Å². The number of hydrogen-bond donors (Lipinski definition) is 2. The predicted octanol–water partition coefficient (Wildman–Crippen LogP) is 2.68. The first-order valence-corrected chi connectivity index (χ1v) is 7.33. The summed E-state index contributed by atoms with van der Waals surface area (Å²) in [5, 5.41) is 10.4. The third-order valence-electron chi connectivity index (χ3n) is 2.18. The topological polar surface area (TPSA) is 104 Å². The number of nitrogens with zero attached hydrogens (tertiary/aromatic N) is 3. The number of aliphatic imine (C=N–C) groups is 1. The van der Waals surface area contributed by atoms with E-state index in [1.165, 1.54) is 5.01 Å². The molecule has 0 saturated heterocycles. The molecule has 0 radical (unpaired) electrons. The Balaban J connectivity index is 5.50. The van der Waals surface area contributed by atoms with E-state index in [4.69, 9.17) is 15.7 Å². The minimum atomic E-state index is -0.624. The van der Waals surface area contributed by atoms with E-state index in [-0.39, 0.29) is 11.6 Å². The van der Waals surface area contributed by atoms with Gasteiger partial charge in [-0.25, -0.2) is 15.2 Å². The zero-order valence-electron chi connectivity index (χ0n) is 14.8. The number of amides is 1. The number of allylic oxidation sites excluding steroid dienone is 2. The van der Waals surface area contributed by atoms with E-state index in [1.54, 1.807) is 33.8 Å². The summed E-state index contributed by atoms with van der Waals surface area (Å²) in [6, 6.07) is 1.85. The van der Waals surface area contributed by atoms with Gasteiger partial charge in [0.05, 0.1) is 0 Å². The van der Waals surface area contributed by atoms with Gasteiger partial charge in [-0.15, -0.1) is 0 Å². The number of carbonyl (C=O) groups is 1. The van der Waals surface area contributed by atoms with Crippen LogP contribution in [0.3, 0.4) is 0 Å². The minimum Gasteiger partial charge on any atom is -0.443 e. The number of carbonyl (C=O) groups excluding carboxylic acids is 1. The van der Waals surface area contributed by atoms with E-state index < -0.39 is 11.7 Å². The smallest absolute Gasteiger partial charge is 0.426 e. The summed E-state index contributed by atoms with van der Waals surface area (Å²) >= 11 is 0. The first kappa shape index (κ1) is 20.5. The average molecular weight is 321 g/mol. The fourth-order valence-electron chi connectivity index (χ4n) is 1.51. The van der Waals surface area contributed by atoms with E-state index in [0.29, 0.717) is 18.1 Å². The molecule has 23 heavy (non-hydrogen) atoms. The SMILES string of the molecule is C=C(C#N)N=C(/C=C(/C)N)N(CC(C)C)NC(=O)OC(C)(C)C. The van der Waals surface area contributed by atoms with Crippen molar-refractivity contribution in [1.82, 2.24) is 10.4 Å². The average Bonchev–Trinajstić information content (AvgIpc) is 2.33. The number of rotatable bonds is 4. The molecule has 1 amide bonds. The Kier molecular flexibility index (Phi) is 7.88. The van der Waals surface area contributed by atoms with Crippen LogP contribution in [0.5, 0.6) is 0 Å². The summed E-state index contributed by atoms with van der Waals surface area (Å²) in [5.74, 6) is 0.535. The van der Waals surface area contributed by atoms with Crippen LogP contribution in [0.2, 0.25) is 0 Å². The Morgan fingerprint density at radius 3 is 2.48 bits per heavy atom. The Labute approximate surface area is 138 Å². The van der Waals surface area contributed by atoms with E-state index >= 15 is 0 Å². The van der Waals surface area contributed by atoms with Crippen LogP contribution in [0.15, 0.2) is 29.0 Å². The van der Waals surface area contributed by atoms with Crippen molar-refractivity contribution in [3.05, 3.63) is 24.0 Å². The zero-order valence-corrected chi connectivity index (χ0v) is 14.8. The Bertz CT molecular complexity index is 532. The summed E-state index contributed by atoms with van der Waals surface area (Å²) in [6.45, 7) is 15.0. The van der Waals surface area contributed by atoms with Crippen LogP contribution in [0.4, 0.5) is 4.79 Å². The third-order valence-corrected chi connectivity index (χ3v) is 2.18. The van der Waals surface area contributed by atoms with Gasteiger partial charge in [-0.3, -0.25) is 5.01 Å². The number of amidine groups is 1. The van der Waals surface area contributed by atoms with Crippen molar-refractivity contribution < 1.29 is 9.53 Å². The van der Waals surface area contributed by atoms with Crippen LogP contribution in [-0.2, 0) is 4.74 Å². The third kappa shape index (κ3) is 9.96. The molecule has 0 atom stereocenters. The monoisotopic (exact) mass is 321 g/mol. The molecular formula is C16H27N5O2. The minimum absolute atomic E-state index is 0.0113. The molecule has 128 valence electrons. The number of nitrogens with two attached hydrogens (primary N) is 1. The molecule has 0 bridgehead atoms. The second kappa shape index (κ2) is 8.83. The molecule has 0 saturated carbocycles. The van der Waals surface area contributed by atoms with Crippen molar-refractivity contribution in [3.63, 3.8) is 0 Å². The van der Waals surface area contributed by atoms with Crippen molar-refractivity contribution in [1.29, 1.82) is 5.26 Å². The van der Waals surface area contributed by atoms with Crippen molar-refractivity contribution in [2.75, 3.05) is 6.54 Å². The lowest BCUT2D eigenvalue weighted by molar-refractivity contribution is 0.0408. The highest BCUT2D eigenvalue weighted by Crippen LogP contribution is 2.08. The van der Waals surface area contributed by atoms with E-state index in [2.05, 4.69) is 17.0 Å². The Hall–Kier alpha value is -2.49. The van der Waals surface area contributed by atoms with Gasteiger partial charge in [0.1, 0.15) is 23.2 Å². The van der Waals surface area contributed by atoms with Crippen molar-refractivity contribution in [2.45, 2.75) is 47.1 Å². The molecule has 0 aromatic rings. The van der Waals surface area contributed by atoms with E-state index in [9.17, 15) is 4.79 Å². The molecule has 0 spiro atoms. The van der Waals surface area contributed by atoms with Gasteiger partial charge in [-0.1, -0.05) is 20.4 Å². The number of nitrogens with one attached hydrogen (secondary N) is 1. The molecule has 0 rings (SSSR count). The quantitative estimate of drug-likeness (QED) is 0.358. The van der Waals surface area contributed by atoms with Crippen LogP contribution in [0, 0.1) is 17.2 Å². The van der Waals surface area contributed by atoms with Gasteiger partial charge >= 0.3 is 6.09 Å². The van der Waals surface area contributed by atoms with Crippen LogP contribution in [0.1, 0.15) is 41.5 Å². The predicted molar refractivity (Wildman–Crippen MR) is 91.0 cm³/mol. The Morgan fingerprint density at radius 1 is 1.52 bits per heavy atom. The van der Waals surface area contributed by atoms with Crippen LogP contribution in [0.25, 0.3) is 0 Å². The lowest BCUT2D eigenvalue weighted by Gasteiger charge is -2.28. The number of hydrogen-bond acceptors (Lipinski definition) is 5. The molecule has 0 aromatic carbocycles. The maximum absolute atomic E-state index is 12.0. The van der Waals surface area contributed by atoms with Gasteiger partial charge in [0.25, 0.3) is 0 Å². The van der Waals surface area contributed by atoms with Gasteiger partial charge in [-0.2, -0.15) is 5.26 Å². The summed E-state index contributed by atoms with van der Waals surface area (Å²) in [5.41, 5.74) is 8.21. The molecule has 0 aliphatic rings. The Morgan fingerprint density at radius 2 is 2.09 bits per heavy atom. The summed E-state index contributed by atoms with van der Waals surface area (Å²) in [7, 11) is 0. The van der Waals surface area contributed by atoms with Crippen LogP contribution in [-0.4, -0.2) is 29.1 Å². The number of hydrazine groups is 1. The molecule has 0 aromatic heterocycles. The van der Waals surface area contributed by atoms with Crippen molar-refractivity contribution in [2.24, 2.45) is 16.6 Å². The van der Waals surface area contributed by atoms with E-state index in [1.807, 2.05) is 19.9 Å². The first-order chi connectivity index (χ1) is 10.4. The van der Waals surface area contributed by atoms with Crippen LogP contribution >= 0.6 is 0 Å². The molecule has 3 N–H and O–H groups in total. The fraction of sp³-hybridized carbons (Fsp3) is 0.562. The normalized spacial score (nSPS) is 12.6. The molecule has 0 aliphatic carbocycles. The van der Waals surface area contributed by atoms with Crippen LogP contribution < -0.4 is 11.2 Å². The van der Waals surface area contributed by atoms with Gasteiger partial charge in [0.15, 0.2) is 0 Å². The zero-order chi connectivity index (χ0) is 18.2. The second-order valence-electron chi connectivity index (χ2n) is 6.54. The lowest BCUT2D eigenvalue weighted by atomic mass is 10.2. The van der Waals surface area contributed by atoms with Crippen molar-refractivity contribution >= 4 is 11.9 Å². The highest BCUT2D eigenvalue weighted by molar-refractivity contribution is 5.95. The fourth-order valence-corrected chi connectivity index (χ4v) is 1.51. The molecule has 7 nitrogen and oxygen atoms in total. The summed E-state index contributed by atoms with van der Waals surface area (Å²) in [4.78, 5) is 16.1. The maximum Gasteiger partial charge on any atom is 0.426 e. The first-order valence-electron chi connectivity index (χ1n) is 7.33. The lowest BCUT2D eigenvalue weighted by Crippen LogP contribution is -2.49. The second-order valence-corrected chi connectivity index (χ2v) is 6.54. The molecule has 7 heteroatoms. The van der Waals surface area contributed by atoms with Gasteiger partial charge in [0, 0.05) is 18.3 Å². The largest absolute Gasteiger partial charge is 0.443 e. The highest BCUT2D eigenvalue weighted by atomic mass is 16.6. The molecule has 0 heterocycles. The summed E-state index contributed by atoms with van der Waals surface area (Å²) in [6.07, 6.45) is 0.943. The van der Waals surface area contributed by atoms with Gasteiger partial charge in [-0.05, 0) is 33.6 Å². The number of nitriles is 1. The maximum atomic E-state index is 12.0. The van der Waals surface area contributed by atoms with Gasteiger partial charge in [0.2, 0.25) is 0 Å². The molecule has 0 unspecified atom stereocenters. The molecule has 0 fully saturated rings.